The highest BCUT2D eigenvalue weighted by atomic mass is 16.7. The van der Waals surface area contributed by atoms with E-state index in [0.29, 0.717) is 60.5 Å². The third-order valence-electron chi connectivity index (χ3n) is 10.1. The predicted molar refractivity (Wildman–Crippen MR) is 214 cm³/mol. The second kappa shape index (κ2) is 18.7. The molecule has 0 bridgehead atoms. The largest absolute Gasteiger partial charge is 0.493 e. The van der Waals surface area contributed by atoms with Crippen LogP contribution in [-0.2, 0) is 20.9 Å². The molecule has 7 rings (SSSR count). The number of piperazine rings is 1. The van der Waals surface area contributed by atoms with Crippen LogP contribution in [0.25, 0.3) is 0 Å². The highest BCUT2D eigenvalue weighted by molar-refractivity contribution is 5.85. The summed E-state index contributed by atoms with van der Waals surface area (Å²) in [6, 6.07) is 20.9. The molecule has 4 heterocycles. The first-order valence-corrected chi connectivity index (χ1v) is 19.0. The lowest BCUT2D eigenvalue weighted by Gasteiger charge is -2.45. The van der Waals surface area contributed by atoms with Crippen molar-refractivity contribution in [3.63, 3.8) is 0 Å². The number of rotatable bonds is 16. The molecule has 2 unspecified atom stereocenters. The lowest BCUT2D eigenvalue weighted by molar-refractivity contribution is -0.385. The number of hydrogen-bond donors (Lipinski definition) is 0. The van der Waals surface area contributed by atoms with Gasteiger partial charge in [-0.25, -0.2) is 9.97 Å². The van der Waals surface area contributed by atoms with Gasteiger partial charge in [0.25, 0.3) is 11.4 Å². The summed E-state index contributed by atoms with van der Waals surface area (Å²) in [7, 11) is 2.96. The number of ether oxygens (including phenoxy) is 7. The molecule has 2 aliphatic rings. The van der Waals surface area contributed by atoms with Crippen molar-refractivity contribution in [1.82, 2.24) is 19.8 Å². The monoisotopic (exact) mass is 836 g/mol. The molecule has 316 valence electrons. The Hall–Kier alpha value is -7.38. The molecule has 5 aromatic rings. The van der Waals surface area contributed by atoms with Gasteiger partial charge in [-0.3, -0.25) is 39.6 Å². The van der Waals surface area contributed by atoms with E-state index in [-0.39, 0.29) is 54.6 Å². The van der Waals surface area contributed by atoms with Crippen LogP contribution >= 0.6 is 0 Å². The van der Waals surface area contributed by atoms with Gasteiger partial charge in [0.15, 0.2) is 34.5 Å². The molecular formula is C42H40N6O13. The number of aromatic nitrogens is 2. The molecule has 0 amide bonds. The van der Waals surface area contributed by atoms with E-state index in [0.717, 1.165) is 23.5 Å². The third kappa shape index (κ3) is 9.91. The Morgan fingerprint density at radius 2 is 1.41 bits per heavy atom. The first-order valence-electron chi connectivity index (χ1n) is 19.0. The maximum atomic E-state index is 13.4. The number of methoxy groups -OCH3 is 2. The zero-order valence-electron chi connectivity index (χ0n) is 33.3. The van der Waals surface area contributed by atoms with Crippen LogP contribution in [0.3, 0.4) is 0 Å². The second-order valence-corrected chi connectivity index (χ2v) is 13.8. The molecule has 1 fully saturated rings. The van der Waals surface area contributed by atoms with Gasteiger partial charge in [-0.05, 0) is 53.1 Å². The van der Waals surface area contributed by atoms with Crippen molar-refractivity contribution >= 4 is 23.3 Å². The van der Waals surface area contributed by atoms with Gasteiger partial charge in [-0.15, -0.1) is 0 Å². The molecule has 1 saturated heterocycles. The molecule has 3 aromatic carbocycles. The van der Waals surface area contributed by atoms with Crippen molar-refractivity contribution in [3.8, 4) is 46.3 Å². The van der Waals surface area contributed by atoms with Gasteiger partial charge in [0, 0.05) is 68.9 Å². The maximum absolute atomic E-state index is 13.4. The Morgan fingerprint density at radius 1 is 0.770 bits per heavy atom. The Labute approximate surface area is 348 Å². The minimum atomic E-state index is -0.700. The summed E-state index contributed by atoms with van der Waals surface area (Å²) in [6.07, 6.45) is 2.05. The Balaban J connectivity index is 1.21. The molecule has 0 aliphatic carbocycles. The summed E-state index contributed by atoms with van der Waals surface area (Å²) in [4.78, 5) is 59.3. The molecule has 19 heteroatoms. The normalized spacial score (nSPS) is 15.4. The van der Waals surface area contributed by atoms with Gasteiger partial charge in [-0.2, -0.15) is 0 Å². The Bertz CT molecular complexity index is 2410. The van der Waals surface area contributed by atoms with Crippen molar-refractivity contribution in [2.75, 3.05) is 40.6 Å². The maximum Gasteiger partial charge on any atom is 0.315 e. The van der Waals surface area contributed by atoms with Crippen LogP contribution in [-0.4, -0.2) is 82.2 Å². The molecule has 0 N–H and O–H groups in total. The van der Waals surface area contributed by atoms with Crippen molar-refractivity contribution in [1.29, 1.82) is 0 Å². The average molecular weight is 837 g/mol. The summed E-state index contributed by atoms with van der Waals surface area (Å²) < 4.78 is 39.8. The predicted octanol–water partition coefficient (Wildman–Crippen LogP) is 7.09. The number of fused-ring (bicyclic) bond motifs is 1. The van der Waals surface area contributed by atoms with Gasteiger partial charge in [-0.1, -0.05) is 25.1 Å². The van der Waals surface area contributed by atoms with Crippen molar-refractivity contribution < 1.29 is 52.6 Å². The molecule has 0 radical (unpaired) electrons. The number of pyridine rings is 2. The summed E-state index contributed by atoms with van der Waals surface area (Å²) in [5, 5.41) is 22.3. The fraction of sp³-hybridized carbons (Fsp3) is 0.286. The zero-order valence-corrected chi connectivity index (χ0v) is 33.3. The molecule has 2 atom stereocenters. The van der Waals surface area contributed by atoms with Crippen LogP contribution in [0.1, 0.15) is 48.5 Å². The number of carbonyl (C=O) groups excluding carboxylic acids is 2. The molecule has 19 nitrogen and oxygen atoms in total. The lowest BCUT2D eigenvalue weighted by Crippen LogP contribution is -2.49. The first-order chi connectivity index (χ1) is 29.5. The number of nitro groups is 2. The van der Waals surface area contributed by atoms with Crippen LogP contribution in [0.5, 0.6) is 46.3 Å². The lowest BCUT2D eigenvalue weighted by atomic mass is 9.95. The van der Waals surface area contributed by atoms with Gasteiger partial charge >= 0.3 is 11.9 Å². The Morgan fingerprint density at radius 3 is 2.02 bits per heavy atom. The summed E-state index contributed by atoms with van der Waals surface area (Å²) >= 11 is 0. The SMILES string of the molecule is CCC(=O)OC(=O)CC(c1ccc(Oc2ccc([N+](=O)[O-])cn2)c(OC)c1)N1CCN(Cc2ccc3c(c2)OCO3)C(c2ccc(Oc3ccc([N+](=O)[O-])cn3)c(OC)c2)C1. The molecule has 61 heavy (non-hydrogen) atoms. The van der Waals surface area contributed by atoms with E-state index in [4.69, 9.17) is 33.2 Å². The number of carbonyl (C=O) groups is 2. The highest BCUT2D eigenvalue weighted by Crippen LogP contribution is 2.41. The van der Waals surface area contributed by atoms with E-state index in [9.17, 15) is 29.8 Å². The van der Waals surface area contributed by atoms with E-state index < -0.39 is 27.8 Å². The topological polar surface area (TPSA) is 217 Å². The summed E-state index contributed by atoms with van der Waals surface area (Å²) in [5.74, 6) is 1.52. The van der Waals surface area contributed by atoms with Crippen LogP contribution in [0.15, 0.2) is 91.3 Å². The molecule has 2 aromatic heterocycles. The van der Waals surface area contributed by atoms with Gasteiger partial charge in [0.2, 0.25) is 18.6 Å². The van der Waals surface area contributed by atoms with Crippen molar-refractivity contribution in [2.24, 2.45) is 0 Å². The van der Waals surface area contributed by atoms with Crippen LogP contribution in [0.4, 0.5) is 11.4 Å². The standard InChI is InChI=1S/C42H40N6O13/c1-4-41(49)61-42(50)20-31(27-6-11-34(36(18-27)55-2)59-39-13-8-29(21-43-39)47(51)52)46-16-15-45(23-26-5-10-33-38(17-26)58-25-57-33)32(24-46)28-7-12-35(37(19-28)56-3)60-40-14-9-30(22-44-40)48(53)54/h5-14,17-19,21-22,31-32H,4,15-16,20,23-25H2,1-3H3. The third-order valence-corrected chi connectivity index (χ3v) is 10.1. The molecule has 0 saturated carbocycles. The van der Waals surface area contributed by atoms with E-state index >= 15 is 0 Å². The second-order valence-electron chi connectivity index (χ2n) is 13.8. The van der Waals surface area contributed by atoms with Gasteiger partial charge < -0.3 is 33.2 Å². The number of esters is 2. The molecule has 2 aliphatic heterocycles. The average Bonchev–Trinajstić information content (AvgIpc) is 3.74. The minimum Gasteiger partial charge on any atom is -0.493 e. The summed E-state index contributed by atoms with van der Waals surface area (Å²) in [5.41, 5.74) is 2.14. The van der Waals surface area contributed by atoms with Crippen molar-refractivity contribution in [2.45, 2.75) is 38.4 Å². The summed E-state index contributed by atoms with van der Waals surface area (Å²) in [6.45, 7) is 3.70. The number of benzene rings is 3. The highest BCUT2D eigenvalue weighted by Gasteiger charge is 2.35. The van der Waals surface area contributed by atoms with Gasteiger partial charge in [0.1, 0.15) is 12.4 Å². The van der Waals surface area contributed by atoms with Crippen molar-refractivity contribution in [3.05, 3.63) is 128 Å². The molecule has 0 spiro atoms. The molecular weight excluding hydrogens is 796 g/mol. The van der Waals surface area contributed by atoms with E-state index in [2.05, 4.69) is 19.8 Å². The van der Waals surface area contributed by atoms with Crippen LogP contribution in [0, 0.1) is 20.2 Å². The minimum absolute atomic E-state index is 0.0232. The van der Waals surface area contributed by atoms with Crippen LogP contribution in [0.2, 0.25) is 0 Å². The number of hydrogen-bond acceptors (Lipinski definition) is 17. The Kier molecular flexibility index (Phi) is 12.8. The quantitative estimate of drug-likeness (QED) is 0.0419. The smallest absolute Gasteiger partial charge is 0.315 e. The van der Waals surface area contributed by atoms with E-state index in [1.54, 1.807) is 31.2 Å². The van der Waals surface area contributed by atoms with Crippen LogP contribution < -0.4 is 28.4 Å². The van der Waals surface area contributed by atoms with E-state index in [1.165, 1.54) is 38.5 Å². The number of nitrogens with zero attached hydrogens (tertiary/aromatic N) is 6. The fourth-order valence-corrected chi connectivity index (χ4v) is 7.02. The first kappa shape index (κ1) is 41.8. The van der Waals surface area contributed by atoms with E-state index in [1.807, 2.05) is 30.3 Å². The zero-order chi connectivity index (χ0) is 43.0. The van der Waals surface area contributed by atoms with Gasteiger partial charge in [0.05, 0.1) is 30.5 Å². The fourth-order valence-electron chi connectivity index (χ4n) is 7.02.